The van der Waals surface area contributed by atoms with Gasteiger partial charge in [-0.25, -0.2) is 0 Å². The number of rotatable bonds is 1. The molecule has 0 saturated heterocycles. The predicted molar refractivity (Wildman–Crippen MR) is 70.6 cm³/mol. The van der Waals surface area contributed by atoms with E-state index in [1.165, 1.54) is 0 Å². The van der Waals surface area contributed by atoms with Gasteiger partial charge in [0.25, 0.3) is 0 Å². The quantitative estimate of drug-likeness (QED) is 0.648. The zero-order valence-corrected chi connectivity index (χ0v) is 9.89. The SMILES string of the molecule is [2H]c1c([2H])c(-c2ccccc2)c([2H])c(C(C)(C)C)c1[2H]. The molecule has 0 aliphatic carbocycles. The minimum absolute atomic E-state index is 0.00724. The monoisotopic (exact) mass is 214 g/mol. The normalized spacial score (nSPS) is 14.9. The van der Waals surface area contributed by atoms with Crippen molar-refractivity contribution in [2.45, 2.75) is 26.2 Å². The third-order valence-electron chi connectivity index (χ3n) is 2.44. The maximum Gasteiger partial charge on any atom is 0.0632 e. The van der Waals surface area contributed by atoms with Gasteiger partial charge in [-0.2, -0.15) is 0 Å². The summed E-state index contributed by atoms with van der Waals surface area (Å²) in [5.74, 6) is 0. The molecule has 0 radical (unpaired) electrons. The molecule has 2 rings (SSSR count). The van der Waals surface area contributed by atoms with Crippen LogP contribution in [0.25, 0.3) is 11.1 Å². The van der Waals surface area contributed by atoms with Crippen LogP contribution in [0.5, 0.6) is 0 Å². The van der Waals surface area contributed by atoms with E-state index in [9.17, 15) is 0 Å². The first kappa shape index (κ1) is 6.90. The van der Waals surface area contributed by atoms with Crippen molar-refractivity contribution in [1.82, 2.24) is 0 Å². The van der Waals surface area contributed by atoms with Gasteiger partial charge in [0.15, 0.2) is 0 Å². The van der Waals surface area contributed by atoms with Gasteiger partial charge in [-0.05, 0) is 22.1 Å². The Morgan fingerprint density at radius 3 is 2.25 bits per heavy atom. The minimum atomic E-state index is -0.402. The Balaban J connectivity index is 2.87. The zero-order valence-electron chi connectivity index (χ0n) is 13.9. The summed E-state index contributed by atoms with van der Waals surface area (Å²) >= 11 is 0. The van der Waals surface area contributed by atoms with E-state index in [-0.39, 0.29) is 24.2 Å². The van der Waals surface area contributed by atoms with E-state index in [1.54, 1.807) is 0 Å². The molecule has 0 N–H and O–H groups in total. The Morgan fingerprint density at radius 2 is 1.62 bits per heavy atom. The maximum absolute atomic E-state index is 8.39. The third kappa shape index (κ3) is 2.33. The summed E-state index contributed by atoms with van der Waals surface area (Å²) in [6, 6.07) is 9.28. The molecular weight excluding hydrogens is 192 g/mol. The van der Waals surface area contributed by atoms with Gasteiger partial charge >= 0.3 is 0 Å². The van der Waals surface area contributed by atoms with Gasteiger partial charge in [-0.15, -0.1) is 0 Å². The molecule has 0 spiro atoms. The highest BCUT2D eigenvalue weighted by molar-refractivity contribution is 5.64. The summed E-state index contributed by atoms with van der Waals surface area (Å²) in [5, 5.41) is 0. The molecule has 0 unspecified atom stereocenters. The first-order valence-electron chi connectivity index (χ1n) is 7.41. The molecule has 0 nitrogen and oxygen atoms in total. The molecule has 0 aliphatic heterocycles. The molecule has 0 amide bonds. The average Bonchev–Trinajstić information content (AvgIpc) is 2.36. The van der Waals surface area contributed by atoms with Gasteiger partial charge in [-0.3, -0.25) is 0 Å². The van der Waals surface area contributed by atoms with Gasteiger partial charge in [0.2, 0.25) is 0 Å². The summed E-state index contributed by atoms with van der Waals surface area (Å²) in [6.45, 7) is 5.78. The second-order valence-electron chi connectivity index (χ2n) is 4.87. The molecule has 2 aromatic rings. The van der Waals surface area contributed by atoms with Gasteiger partial charge in [0.1, 0.15) is 0 Å². The fraction of sp³-hybridized carbons (Fsp3) is 0.250. The molecule has 0 fully saturated rings. The second kappa shape index (κ2) is 4.13. The van der Waals surface area contributed by atoms with Gasteiger partial charge in [0.05, 0.1) is 5.48 Å². The molecule has 0 aliphatic rings. The van der Waals surface area contributed by atoms with E-state index in [4.69, 9.17) is 5.48 Å². The fourth-order valence-electron chi connectivity index (χ4n) is 1.47. The molecule has 0 saturated carbocycles. The average molecular weight is 214 g/mol. The molecule has 0 aromatic heterocycles. The Hall–Kier alpha value is -1.56. The van der Waals surface area contributed by atoms with Crippen molar-refractivity contribution in [3.8, 4) is 11.1 Å². The summed E-state index contributed by atoms with van der Waals surface area (Å²) in [6.07, 6.45) is 0. The zero-order chi connectivity index (χ0) is 15.1. The van der Waals surface area contributed by atoms with E-state index in [0.717, 1.165) is 5.56 Å². The lowest BCUT2D eigenvalue weighted by molar-refractivity contribution is 0.590. The van der Waals surface area contributed by atoms with Crippen LogP contribution in [0.4, 0.5) is 0 Å². The molecule has 0 atom stereocenters. The van der Waals surface area contributed by atoms with E-state index in [2.05, 4.69) is 0 Å². The first-order chi connectivity index (χ1) is 9.25. The van der Waals surface area contributed by atoms with E-state index >= 15 is 0 Å². The van der Waals surface area contributed by atoms with Crippen LogP contribution < -0.4 is 0 Å². The standard InChI is InChI=1S/C16H18/c1-16(2,3)15-11-7-10-14(12-15)13-8-5-4-6-9-13/h4-12H,1-3H3/i7D,10D,11D,12D. The van der Waals surface area contributed by atoms with Crippen LogP contribution in [-0.4, -0.2) is 0 Å². The Morgan fingerprint density at radius 1 is 0.938 bits per heavy atom. The summed E-state index contributed by atoms with van der Waals surface area (Å²) in [5.41, 5.74) is 1.32. The topological polar surface area (TPSA) is 0 Å². The van der Waals surface area contributed by atoms with Crippen LogP contribution in [0, 0.1) is 0 Å². The van der Waals surface area contributed by atoms with Crippen LogP contribution in [0.1, 0.15) is 31.8 Å². The van der Waals surface area contributed by atoms with Crippen LogP contribution >= 0.6 is 0 Å². The smallest absolute Gasteiger partial charge is 0.0622 e. The van der Waals surface area contributed by atoms with Crippen LogP contribution in [0.2, 0.25) is 0 Å². The minimum Gasteiger partial charge on any atom is -0.0622 e. The van der Waals surface area contributed by atoms with Crippen molar-refractivity contribution in [3.63, 3.8) is 0 Å². The molecule has 0 bridgehead atoms. The van der Waals surface area contributed by atoms with E-state index in [0.29, 0.717) is 11.1 Å². The van der Waals surface area contributed by atoms with Gasteiger partial charge in [-0.1, -0.05) is 75.3 Å². The third-order valence-corrected chi connectivity index (χ3v) is 2.44. The fourth-order valence-corrected chi connectivity index (χ4v) is 1.47. The highest BCUT2D eigenvalue weighted by Gasteiger charge is 2.13. The molecule has 16 heavy (non-hydrogen) atoms. The van der Waals surface area contributed by atoms with E-state index in [1.807, 2.05) is 51.1 Å². The van der Waals surface area contributed by atoms with Crippen molar-refractivity contribution in [1.29, 1.82) is 0 Å². The Bertz CT molecular complexity index is 640. The summed E-state index contributed by atoms with van der Waals surface area (Å²) in [7, 11) is 0. The molecule has 0 heteroatoms. The number of benzene rings is 2. The summed E-state index contributed by atoms with van der Waals surface area (Å²) < 4.78 is 32.5. The predicted octanol–water partition coefficient (Wildman–Crippen LogP) is 4.65. The first-order valence-corrected chi connectivity index (χ1v) is 5.41. The Kier molecular flexibility index (Phi) is 1.78. The highest BCUT2D eigenvalue weighted by Crippen LogP contribution is 2.27. The van der Waals surface area contributed by atoms with Crippen LogP contribution in [-0.2, 0) is 5.41 Å². The van der Waals surface area contributed by atoms with Crippen LogP contribution in [0.15, 0.2) is 54.5 Å². The van der Waals surface area contributed by atoms with Crippen LogP contribution in [0.3, 0.4) is 0 Å². The molecule has 2 aromatic carbocycles. The lowest BCUT2D eigenvalue weighted by Gasteiger charge is -2.19. The summed E-state index contributed by atoms with van der Waals surface area (Å²) in [4.78, 5) is 0. The van der Waals surface area contributed by atoms with Crippen molar-refractivity contribution in [2.75, 3.05) is 0 Å². The lowest BCUT2D eigenvalue weighted by Crippen LogP contribution is -2.10. The van der Waals surface area contributed by atoms with Crippen molar-refractivity contribution >= 4 is 0 Å². The highest BCUT2D eigenvalue weighted by atomic mass is 14.2. The Labute approximate surface area is 104 Å². The van der Waals surface area contributed by atoms with E-state index < -0.39 is 5.41 Å². The molecular formula is C16H18. The second-order valence-corrected chi connectivity index (χ2v) is 4.87. The van der Waals surface area contributed by atoms with Crippen molar-refractivity contribution in [3.05, 3.63) is 60.1 Å². The number of hydrogen-bond donors (Lipinski definition) is 0. The van der Waals surface area contributed by atoms with Gasteiger partial charge in [0, 0.05) is 0 Å². The van der Waals surface area contributed by atoms with Crippen molar-refractivity contribution in [2.24, 2.45) is 0 Å². The molecule has 0 heterocycles. The van der Waals surface area contributed by atoms with Gasteiger partial charge < -0.3 is 0 Å². The largest absolute Gasteiger partial charge is 0.0632 e. The van der Waals surface area contributed by atoms with Crippen molar-refractivity contribution < 1.29 is 5.48 Å². The maximum atomic E-state index is 8.39. The molecule has 82 valence electrons. The number of hydrogen-bond acceptors (Lipinski definition) is 0. The lowest BCUT2D eigenvalue weighted by atomic mass is 9.85.